The van der Waals surface area contributed by atoms with Crippen LogP contribution in [0.4, 0.5) is 5.69 Å². The molecular weight excluding hydrogens is 232 g/mol. The zero-order valence-electron chi connectivity index (χ0n) is 10.6. The Bertz CT molecular complexity index is 365. The molecule has 18 heavy (non-hydrogen) atoms. The standard InChI is InChI=1S/C13H20N2O3/c1-2-13(16)8-10-14-9-7-11-3-5-12(6-4-11)15(17)18/h3-6,13-14,16H,2,7-10H2,1H3. The molecule has 0 aliphatic heterocycles. The van der Waals surface area contributed by atoms with Crippen LogP contribution >= 0.6 is 0 Å². The maximum atomic E-state index is 10.5. The summed E-state index contributed by atoms with van der Waals surface area (Å²) in [5.74, 6) is 0. The maximum Gasteiger partial charge on any atom is 0.269 e. The van der Waals surface area contributed by atoms with E-state index >= 15 is 0 Å². The van der Waals surface area contributed by atoms with Gasteiger partial charge >= 0.3 is 0 Å². The van der Waals surface area contributed by atoms with E-state index in [4.69, 9.17) is 0 Å². The molecule has 1 atom stereocenters. The van der Waals surface area contributed by atoms with Crippen molar-refractivity contribution in [3.8, 4) is 0 Å². The van der Waals surface area contributed by atoms with E-state index in [9.17, 15) is 15.2 Å². The third-order valence-electron chi connectivity index (χ3n) is 2.86. The van der Waals surface area contributed by atoms with Gasteiger partial charge in [-0.05, 0) is 37.9 Å². The number of aliphatic hydroxyl groups excluding tert-OH is 1. The summed E-state index contributed by atoms with van der Waals surface area (Å²) in [5, 5.41) is 23.1. The van der Waals surface area contributed by atoms with Crippen LogP contribution in [0, 0.1) is 10.1 Å². The lowest BCUT2D eigenvalue weighted by molar-refractivity contribution is -0.384. The highest BCUT2D eigenvalue weighted by Crippen LogP contribution is 2.11. The first-order valence-corrected chi connectivity index (χ1v) is 6.25. The fourth-order valence-corrected chi connectivity index (χ4v) is 1.61. The van der Waals surface area contributed by atoms with E-state index in [0.29, 0.717) is 0 Å². The quantitative estimate of drug-likeness (QED) is 0.421. The molecule has 0 amide bonds. The van der Waals surface area contributed by atoms with Crippen molar-refractivity contribution in [3.05, 3.63) is 39.9 Å². The van der Waals surface area contributed by atoms with Crippen LogP contribution in [0.15, 0.2) is 24.3 Å². The Hall–Kier alpha value is -1.46. The highest BCUT2D eigenvalue weighted by molar-refractivity contribution is 5.32. The van der Waals surface area contributed by atoms with E-state index in [1.165, 1.54) is 12.1 Å². The van der Waals surface area contributed by atoms with Crippen molar-refractivity contribution in [2.75, 3.05) is 13.1 Å². The van der Waals surface area contributed by atoms with Gasteiger partial charge in [0.2, 0.25) is 0 Å². The molecule has 1 unspecified atom stereocenters. The first-order chi connectivity index (χ1) is 8.63. The molecule has 0 fully saturated rings. The summed E-state index contributed by atoms with van der Waals surface area (Å²) in [6, 6.07) is 6.60. The van der Waals surface area contributed by atoms with E-state index in [0.717, 1.165) is 37.9 Å². The van der Waals surface area contributed by atoms with Crippen molar-refractivity contribution < 1.29 is 10.0 Å². The van der Waals surface area contributed by atoms with Crippen LogP contribution in [0.25, 0.3) is 0 Å². The van der Waals surface area contributed by atoms with Gasteiger partial charge in [0.1, 0.15) is 0 Å². The molecule has 0 radical (unpaired) electrons. The summed E-state index contributed by atoms with van der Waals surface area (Å²) >= 11 is 0. The van der Waals surface area contributed by atoms with Crippen molar-refractivity contribution in [2.45, 2.75) is 32.3 Å². The predicted octanol–water partition coefficient (Wildman–Crippen LogP) is 1.89. The van der Waals surface area contributed by atoms with Gasteiger partial charge in [-0.2, -0.15) is 0 Å². The van der Waals surface area contributed by atoms with Gasteiger partial charge in [-0.3, -0.25) is 10.1 Å². The zero-order chi connectivity index (χ0) is 13.4. The van der Waals surface area contributed by atoms with Gasteiger partial charge in [0.15, 0.2) is 0 Å². The smallest absolute Gasteiger partial charge is 0.269 e. The van der Waals surface area contributed by atoms with E-state index in [1.807, 2.05) is 6.92 Å². The lowest BCUT2D eigenvalue weighted by Gasteiger charge is -2.08. The molecule has 0 heterocycles. The number of nitrogens with one attached hydrogen (secondary N) is 1. The molecule has 1 aromatic rings. The summed E-state index contributed by atoms with van der Waals surface area (Å²) in [5.41, 5.74) is 1.20. The Balaban J connectivity index is 2.21. The monoisotopic (exact) mass is 252 g/mol. The number of nitrogens with zero attached hydrogens (tertiary/aromatic N) is 1. The zero-order valence-corrected chi connectivity index (χ0v) is 10.6. The first-order valence-electron chi connectivity index (χ1n) is 6.25. The SMILES string of the molecule is CCC(O)CCNCCc1ccc([N+](=O)[O-])cc1. The van der Waals surface area contributed by atoms with Crippen molar-refractivity contribution in [1.82, 2.24) is 5.32 Å². The van der Waals surface area contributed by atoms with Gasteiger partial charge in [0.25, 0.3) is 5.69 Å². The van der Waals surface area contributed by atoms with Gasteiger partial charge in [0.05, 0.1) is 11.0 Å². The van der Waals surface area contributed by atoms with Gasteiger partial charge < -0.3 is 10.4 Å². The fraction of sp³-hybridized carbons (Fsp3) is 0.538. The Morgan fingerprint density at radius 1 is 1.33 bits per heavy atom. The third kappa shape index (κ3) is 5.25. The van der Waals surface area contributed by atoms with Crippen LogP contribution in [0.2, 0.25) is 0 Å². The number of aliphatic hydroxyl groups is 1. The highest BCUT2D eigenvalue weighted by atomic mass is 16.6. The lowest BCUT2D eigenvalue weighted by atomic mass is 10.1. The summed E-state index contributed by atoms with van der Waals surface area (Å²) in [4.78, 5) is 10.1. The van der Waals surface area contributed by atoms with E-state index in [2.05, 4.69) is 5.32 Å². The summed E-state index contributed by atoms with van der Waals surface area (Å²) in [7, 11) is 0. The molecule has 5 nitrogen and oxygen atoms in total. The number of hydrogen-bond donors (Lipinski definition) is 2. The average Bonchev–Trinajstić information content (AvgIpc) is 2.38. The van der Waals surface area contributed by atoms with Crippen LogP contribution < -0.4 is 5.32 Å². The second-order valence-electron chi connectivity index (χ2n) is 4.27. The van der Waals surface area contributed by atoms with Gasteiger partial charge in [-0.15, -0.1) is 0 Å². The van der Waals surface area contributed by atoms with Crippen LogP contribution in [0.5, 0.6) is 0 Å². The lowest BCUT2D eigenvalue weighted by Crippen LogP contribution is -2.22. The second-order valence-corrected chi connectivity index (χ2v) is 4.27. The molecule has 0 aliphatic carbocycles. The minimum atomic E-state index is -0.395. The predicted molar refractivity (Wildman–Crippen MR) is 70.6 cm³/mol. The molecule has 0 bridgehead atoms. The number of nitro groups is 1. The van der Waals surface area contributed by atoms with Crippen LogP contribution in [0.1, 0.15) is 25.3 Å². The van der Waals surface area contributed by atoms with E-state index in [-0.39, 0.29) is 11.8 Å². The van der Waals surface area contributed by atoms with Gasteiger partial charge in [0, 0.05) is 12.1 Å². The highest BCUT2D eigenvalue weighted by Gasteiger charge is 2.03. The minimum absolute atomic E-state index is 0.123. The topological polar surface area (TPSA) is 75.4 Å². The summed E-state index contributed by atoms with van der Waals surface area (Å²) in [6.07, 6.45) is 2.15. The molecule has 0 aliphatic rings. The number of rotatable bonds is 8. The number of hydrogen-bond acceptors (Lipinski definition) is 4. The van der Waals surface area contributed by atoms with Crippen molar-refractivity contribution >= 4 is 5.69 Å². The molecule has 0 saturated carbocycles. The summed E-state index contributed by atoms with van der Waals surface area (Å²) in [6.45, 7) is 3.57. The van der Waals surface area contributed by atoms with Crippen molar-refractivity contribution in [3.63, 3.8) is 0 Å². The number of nitro benzene ring substituents is 1. The fourth-order valence-electron chi connectivity index (χ4n) is 1.61. The van der Waals surface area contributed by atoms with Crippen LogP contribution in [-0.2, 0) is 6.42 Å². The Morgan fingerprint density at radius 3 is 2.56 bits per heavy atom. The van der Waals surface area contributed by atoms with Crippen molar-refractivity contribution in [2.24, 2.45) is 0 Å². The minimum Gasteiger partial charge on any atom is -0.393 e. The van der Waals surface area contributed by atoms with Crippen molar-refractivity contribution in [1.29, 1.82) is 0 Å². The van der Waals surface area contributed by atoms with Crippen LogP contribution in [0.3, 0.4) is 0 Å². The Labute approximate surface area is 107 Å². The maximum absolute atomic E-state index is 10.5. The first kappa shape index (κ1) is 14.6. The van der Waals surface area contributed by atoms with Gasteiger partial charge in [-0.25, -0.2) is 0 Å². The molecule has 0 saturated heterocycles. The van der Waals surface area contributed by atoms with E-state index in [1.54, 1.807) is 12.1 Å². The molecule has 0 aromatic heterocycles. The largest absolute Gasteiger partial charge is 0.393 e. The van der Waals surface area contributed by atoms with Gasteiger partial charge in [-0.1, -0.05) is 19.1 Å². The molecule has 0 spiro atoms. The number of benzene rings is 1. The normalized spacial score (nSPS) is 12.3. The van der Waals surface area contributed by atoms with E-state index < -0.39 is 4.92 Å². The molecular formula is C13H20N2O3. The molecule has 1 aromatic carbocycles. The molecule has 1 rings (SSSR count). The average molecular weight is 252 g/mol. The van der Waals surface area contributed by atoms with Crippen LogP contribution in [-0.4, -0.2) is 29.2 Å². The Kier molecular flexibility index (Phi) is 6.32. The second kappa shape index (κ2) is 7.79. The third-order valence-corrected chi connectivity index (χ3v) is 2.86. The Morgan fingerprint density at radius 2 is 2.00 bits per heavy atom. The molecule has 2 N–H and O–H groups in total. The number of non-ortho nitro benzene ring substituents is 1. The summed E-state index contributed by atoms with van der Waals surface area (Å²) < 4.78 is 0. The molecule has 100 valence electrons. The molecule has 5 heteroatoms.